The van der Waals surface area contributed by atoms with Crippen LogP contribution in [0.15, 0.2) is 22.7 Å². The molecule has 2 N–H and O–H groups in total. The van der Waals surface area contributed by atoms with E-state index in [1.165, 1.54) is 7.11 Å². The van der Waals surface area contributed by atoms with E-state index < -0.39 is 5.41 Å². The fourth-order valence-electron chi connectivity index (χ4n) is 2.55. The number of nitrogens with zero attached hydrogens (tertiary/aromatic N) is 1. The number of hydrogen-bond donors (Lipinski definition) is 1. The molecule has 0 radical (unpaired) electrons. The van der Waals surface area contributed by atoms with Crippen LogP contribution in [0.1, 0.15) is 29.3 Å². The zero-order chi connectivity index (χ0) is 15.6. The maximum absolute atomic E-state index is 11.5. The second kappa shape index (κ2) is 6.15. The van der Waals surface area contributed by atoms with E-state index in [1.807, 2.05) is 13.0 Å². The number of rotatable bonds is 4. The maximum Gasteiger partial charge on any atom is 0.337 e. The van der Waals surface area contributed by atoms with Crippen LogP contribution in [-0.4, -0.2) is 37.0 Å². The van der Waals surface area contributed by atoms with Crippen molar-refractivity contribution in [2.45, 2.75) is 19.9 Å². The van der Waals surface area contributed by atoms with Gasteiger partial charge in [-0.3, -0.25) is 9.69 Å². The van der Waals surface area contributed by atoms with Crippen molar-refractivity contribution in [3.05, 3.63) is 33.8 Å². The van der Waals surface area contributed by atoms with Gasteiger partial charge >= 0.3 is 5.97 Å². The summed E-state index contributed by atoms with van der Waals surface area (Å²) in [5.74, 6) is -0.602. The number of esters is 1. The van der Waals surface area contributed by atoms with E-state index in [4.69, 9.17) is 10.5 Å². The number of hydrogen-bond acceptors (Lipinski definition) is 4. The molecule has 5 nitrogen and oxygen atoms in total. The number of nitrogens with two attached hydrogens (primary N) is 1. The molecule has 1 unspecified atom stereocenters. The van der Waals surface area contributed by atoms with Gasteiger partial charge in [0.25, 0.3) is 0 Å². The van der Waals surface area contributed by atoms with Gasteiger partial charge in [0.05, 0.1) is 18.1 Å². The SMILES string of the molecule is COC(=O)c1ccc(CN2CCC(C)(C(N)=O)C2)c(Br)c1. The normalized spacial score (nSPS) is 22.2. The fourth-order valence-corrected chi connectivity index (χ4v) is 3.06. The lowest BCUT2D eigenvalue weighted by molar-refractivity contribution is -0.126. The average molecular weight is 355 g/mol. The Morgan fingerprint density at radius 1 is 1.48 bits per heavy atom. The minimum absolute atomic E-state index is 0.245. The molecule has 0 spiro atoms. The van der Waals surface area contributed by atoms with Crippen molar-refractivity contribution < 1.29 is 14.3 Å². The number of likely N-dealkylation sites (tertiary alicyclic amines) is 1. The number of primary amides is 1. The smallest absolute Gasteiger partial charge is 0.337 e. The Labute approximate surface area is 132 Å². The topological polar surface area (TPSA) is 72.6 Å². The maximum atomic E-state index is 11.5. The van der Waals surface area contributed by atoms with E-state index in [1.54, 1.807) is 12.1 Å². The third-order valence-electron chi connectivity index (χ3n) is 4.02. The first kappa shape index (κ1) is 16.0. The van der Waals surface area contributed by atoms with Gasteiger partial charge in [0, 0.05) is 17.6 Å². The molecule has 1 fully saturated rings. The summed E-state index contributed by atoms with van der Waals surface area (Å²) in [5.41, 5.74) is 6.59. The molecular formula is C15H19BrN2O3. The molecule has 6 heteroatoms. The van der Waals surface area contributed by atoms with E-state index in [-0.39, 0.29) is 11.9 Å². The molecule has 0 saturated carbocycles. The van der Waals surface area contributed by atoms with Gasteiger partial charge in [0.15, 0.2) is 0 Å². The molecule has 1 heterocycles. The Hall–Kier alpha value is -1.40. The molecule has 21 heavy (non-hydrogen) atoms. The van der Waals surface area contributed by atoms with Crippen molar-refractivity contribution in [1.29, 1.82) is 0 Å². The first-order valence-electron chi connectivity index (χ1n) is 6.75. The molecule has 1 aromatic rings. The minimum Gasteiger partial charge on any atom is -0.465 e. The zero-order valence-corrected chi connectivity index (χ0v) is 13.8. The average Bonchev–Trinajstić information content (AvgIpc) is 2.83. The van der Waals surface area contributed by atoms with Crippen LogP contribution < -0.4 is 5.73 Å². The fraction of sp³-hybridized carbons (Fsp3) is 0.467. The highest BCUT2D eigenvalue weighted by atomic mass is 79.9. The van der Waals surface area contributed by atoms with Gasteiger partial charge in [0.1, 0.15) is 0 Å². The van der Waals surface area contributed by atoms with E-state index in [9.17, 15) is 9.59 Å². The molecule has 1 amide bonds. The van der Waals surface area contributed by atoms with Crippen LogP contribution in [-0.2, 0) is 16.1 Å². The van der Waals surface area contributed by atoms with Gasteiger partial charge in [-0.2, -0.15) is 0 Å². The van der Waals surface area contributed by atoms with Crippen LogP contribution in [0.3, 0.4) is 0 Å². The van der Waals surface area contributed by atoms with Crippen LogP contribution in [0.4, 0.5) is 0 Å². The third-order valence-corrected chi connectivity index (χ3v) is 4.75. The molecule has 0 aliphatic carbocycles. The summed E-state index contributed by atoms with van der Waals surface area (Å²) < 4.78 is 5.56. The molecule has 0 bridgehead atoms. The predicted molar refractivity (Wildman–Crippen MR) is 82.7 cm³/mol. The highest BCUT2D eigenvalue weighted by Crippen LogP contribution is 2.31. The monoisotopic (exact) mass is 354 g/mol. The second-order valence-corrected chi connectivity index (χ2v) is 6.54. The Morgan fingerprint density at radius 3 is 2.71 bits per heavy atom. The lowest BCUT2D eigenvalue weighted by Gasteiger charge is -2.21. The summed E-state index contributed by atoms with van der Waals surface area (Å²) in [6, 6.07) is 5.40. The summed E-state index contributed by atoms with van der Waals surface area (Å²) >= 11 is 3.48. The number of halogens is 1. The van der Waals surface area contributed by atoms with Gasteiger partial charge in [0.2, 0.25) is 5.91 Å². The Balaban J connectivity index is 2.08. The molecule has 1 aliphatic rings. The van der Waals surface area contributed by atoms with Crippen LogP contribution in [0.2, 0.25) is 0 Å². The second-order valence-electron chi connectivity index (χ2n) is 5.68. The standard InChI is InChI=1S/C15H19BrN2O3/c1-15(14(17)20)5-6-18(9-15)8-11-4-3-10(7-12(11)16)13(19)21-2/h3-4,7H,5-6,8-9H2,1-2H3,(H2,17,20). The van der Waals surface area contributed by atoms with Gasteiger partial charge in [-0.05, 0) is 37.6 Å². The number of carbonyl (C=O) groups excluding carboxylic acids is 2. The molecule has 1 saturated heterocycles. The molecule has 114 valence electrons. The quantitative estimate of drug-likeness (QED) is 0.838. The number of ether oxygens (including phenoxy) is 1. The summed E-state index contributed by atoms with van der Waals surface area (Å²) in [7, 11) is 1.36. The number of benzene rings is 1. The first-order chi connectivity index (χ1) is 9.85. The van der Waals surface area contributed by atoms with Crippen LogP contribution >= 0.6 is 15.9 Å². The summed E-state index contributed by atoms with van der Waals surface area (Å²) in [6.07, 6.45) is 0.778. The molecule has 2 rings (SSSR count). The summed E-state index contributed by atoms with van der Waals surface area (Å²) in [4.78, 5) is 25.1. The van der Waals surface area contributed by atoms with Crippen LogP contribution in [0.25, 0.3) is 0 Å². The highest BCUT2D eigenvalue weighted by molar-refractivity contribution is 9.10. The molecule has 1 aliphatic heterocycles. The van der Waals surface area contributed by atoms with Gasteiger partial charge in [-0.25, -0.2) is 4.79 Å². The van der Waals surface area contributed by atoms with E-state index in [2.05, 4.69) is 20.8 Å². The first-order valence-corrected chi connectivity index (χ1v) is 7.54. The lowest BCUT2D eigenvalue weighted by Crippen LogP contribution is -2.36. The van der Waals surface area contributed by atoms with Crippen molar-refractivity contribution in [1.82, 2.24) is 4.90 Å². The Morgan fingerprint density at radius 2 is 2.19 bits per heavy atom. The lowest BCUT2D eigenvalue weighted by atomic mass is 9.89. The molecular weight excluding hydrogens is 336 g/mol. The van der Waals surface area contributed by atoms with Gasteiger partial charge < -0.3 is 10.5 Å². The van der Waals surface area contributed by atoms with Crippen LogP contribution in [0.5, 0.6) is 0 Å². The van der Waals surface area contributed by atoms with Crippen molar-refractivity contribution in [3.63, 3.8) is 0 Å². The van der Waals surface area contributed by atoms with Crippen molar-refractivity contribution in [2.75, 3.05) is 20.2 Å². The van der Waals surface area contributed by atoms with E-state index in [0.29, 0.717) is 18.7 Å². The highest BCUT2D eigenvalue weighted by Gasteiger charge is 2.38. The largest absolute Gasteiger partial charge is 0.465 e. The number of carbonyl (C=O) groups is 2. The number of amides is 1. The van der Waals surface area contributed by atoms with Crippen molar-refractivity contribution in [3.8, 4) is 0 Å². The van der Waals surface area contributed by atoms with E-state index in [0.717, 1.165) is 23.0 Å². The molecule has 0 aromatic heterocycles. The molecule has 1 aromatic carbocycles. The van der Waals surface area contributed by atoms with Gasteiger partial charge in [-0.15, -0.1) is 0 Å². The zero-order valence-electron chi connectivity index (χ0n) is 12.2. The minimum atomic E-state index is -0.446. The Bertz CT molecular complexity index is 576. The van der Waals surface area contributed by atoms with Crippen molar-refractivity contribution >= 4 is 27.8 Å². The summed E-state index contributed by atoms with van der Waals surface area (Å²) in [5, 5.41) is 0. The summed E-state index contributed by atoms with van der Waals surface area (Å²) in [6.45, 7) is 4.12. The van der Waals surface area contributed by atoms with Gasteiger partial charge in [-0.1, -0.05) is 22.0 Å². The predicted octanol–water partition coefficient (Wildman–Crippen LogP) is 1.93. The van der Waals surface area contributed by atoms with E-state index >= 15 is 0 Å². The Kier molecular flexibility index (Phi) is 4.68. The van der Waals surface area contributed by atoms with Crippen LogP contribution in [0, 0.1) is 5.41 Å². The van der Waals surface area contributed by atoms with Crippen molar-refractivity contribution in [2.24, 2.45) is 11.1 Å². The third kappa shape index (κ3) is 3.44. The number of methoxy groups -OCH3 is 1. The molecule has 1 atom stereocenters.